The Morgan fingerprint density at radius 1 is 1.67 bits per heavy atom. The van der Waals surface area contributed by atoms with Crippen molar-refractivity contribution in [1.29, 1.82) is 0 Å². The Labute approximate surface area is 69.9 Å². The summed E-state index contributed by atoms with van der Waals surface area (Å²) in [6.07, 6.45) is 5.00. The van der Waals surface area contributed by atoms with Crippen molar-refractivity contribution >= 4 is 11.9 Å². The summed E-state index contributed by atoms with van der Waals surface area (Å²) in [6.45, 7) is -0.433. The molecule has 4 N–H and O–H groups in total. The molecule has 0 aliphatic rings. The number of nitrogens with one attached hydrogen (secondary N) is 1. The van der Waals surface area contributed by atoms with E-state index in [1.165, 1.54) is 0 Å². The van der Waals surface area contributed by atoms with Crippen LogP contribution in [0, 0.1) is 12.3 Å². The molecule has 0 aromatic heterocycles. The van der Waals surface area contributed by atoms with Gasteiger partial charge in [-0.25, -0.2) is 0 Å². The lowest BCUT2D eigenvalue weighted by Crippen LogP contribution is -2.42. The predicted octanol–water partition coefficient (Wildman–Crippen LogP) is -1.46. The third kappa shape index (κ3) is 4.30. The Morgan fingerprint density at radius 2 is 2.25 bits per heavy atom. The summed E-state index contributed by atoms with van der Waals surface area (Å²) >= 11 is 0. The van der Waals surface area contributed by atoms with E-state index >= 15 is 0 Å². The van der Waals surface area contributed by atoms with Crippen molar-refractivity contribution in [3.63, 3.8) is 0 Å². The van der Waals surface area contributed by atoms with Crippen molar-refractivity contribution in [1.82, 2.24) is 5.32 Å². The predicted molar refractivity (Wildman–Crippen MR) is 42.1 cm³/mol. The molecule has 0 rings (SSSR count). The van der Waals surface area contributed by atoms with E-state index in [2.05, 4.69) is 11.2 Å². The molecule has 0 spiro atoms. The highest BCUT2D eigenvalue weighted by atomic mass is 16.4. The van der Waals surface area contributed by atoms with Crippen LogP contribution in [0.1, 0.15) is 6.42 Å². The smallest absolute Gasteiger partial charge is 0.322 e. The lowest BCUT2D eigenvalue weighted by atomic mass is 10.2. The minimum absolute atomic E-state index is 0.103. The van der Waals surface area contributed by atoms with Crippen LogP contribution in [0.25, 0.3) is 0 Å². The van der Waals surface area contributed by atoms with Gasteiger partial charge in [-0.1, -0.05) is 0 Å². The number of hydrogen-bond acceptors (Lipinski definition) is 3. The zero-order chi connectivity index (χ0) is 9.56. The van der Waals surface area contributed by atoms with Gasteiger partial charge in [-0.15, -0.1) is 12.3 Å². The highest BCUT2D eigenvalue weighted by Gasteiger charge is 2.11. The highest BCUT2D eigenvalue weighted by Crippen LogP contribution is 1.84. The Balaban J connectivity index is 3.73. The van der Waals surface area contributed by atoms with Crippen molar-refractivity contribution in [2.24, 2.45) is 5.73 Å². The summed E-state index contributed by atoms with van der Waals surface area (Å²) < 4.78 is 0. The molecule has 0 saturated heterocycles. The Bertz CT molecular complexity index is 219. The first-order valence-corrected chi connectivity index (χ1v) is 3.26. The van der Waals surface area contributed by atoms with E-state index in [1.54, 1.807) is 0 Å². The van der Waals surface area contributed by atoms with Crippen LogP contribution in [-0.2, 0) is 9.59 Å². The zero-order valence-corrected chi connectivity index (χ0v) is 6.41. The average Bonchev–Trinajstić information content (AvgIpc) is 2.00. The molecule has 0 heterocycles. The molecule has 0 aromatic carbocycles. The van der Waals surface area contributed by atoms with Crippen molar-refractivity contribution in [3.8, 4) is 12.3 Å². The van der Waals surface area contributed by atoms with Gasteiger partial charge in [0.05, 0.1) is 6.04 Å². The first kappa shape index (κ1) is 10.5. The zero-order valence-electron chi connectivity index (χ0n) is 6.41. The summed E-state index contributed by atoms with van der Waals surface area (Å²) in [5.74, 6) is 0.542. The summed E-state index contributed by atoms with van der Waals surface area (Å²) in [4.78, 5) is 20.8. The van der Waals surface area contributed by atoms with Gasteiger partial charge >= 0.3 is 5.97 Å². The Hall–Kier alpha value is -1.54. The molecule has 66 valence electrons. The second kappa shape index (κ2) is 5.16. The molecule has 12 heavy (non-hydrogen) atoms. The van der Waals surface area contributed by atoms with Crippen LogP contribution in [0.5, 0.6) is 0 Å². The molecular formula is C7H10N2O3. The third-order valence-electron chi connectivity index (χ3n) is 1.09. The maximum Gasteiger partial charge on any atom is 0.322 e. The number of amides is 1. The number of hydrogen-bond donors (Lipinski definition) is 3. The van der Waals surface area contributed by atoms with Gasteiger partial charge in [0.25, 0.3) is 0 Å². The van der Waals surface area contributed by atoms with Gasteiger partial charge in [0.1, 0.15) is 6.54 Å². The quantitative estimate of drug-likeness (QED) is 0.449. The molecule has 0 aliphatic heterocycles. The SMILES string of the molecule is C#CCC(N)C(=O)NCC(=O)O. The van der Waals surface area contributed by atoms with Crippen LogP contribution < -0.4 is 11.1 Å². The molecular weight excluding hydrogens is 160 g/mol. The molecule has 0 aliphatic carbocycles. The normalized spacial score (nSPS) is 11.3. The summed E-state index contributed by atoms with van der Waals surface area (Å²) in [5.41, 5.74) is 5.27. The number of aliphatic carboxylic acids is 1. The largest absolute Gasteiger partial charge is 0.480 e. The molecule has 0 radical (unpaired) electrons. The van der Waals surface area contributed by atoms with Crippen LogP contribution in [0.3, 0.4) is 0 Å². The molecule has 1 amide bonds. The fourth-order valence-corrected chi connectivity index (χ4v) is 0.513. The Kier molecular flexibility index (Phi) is 4.49. The molecule has 0 aromatic rings. The van der Waals surface area contributed by atoms with E-state index in [1.807, 2.05) is 0 Å². The van der Waals surface area contributed by atoms with Gasteiger partial charge in [0.15, 0.2) is 0 Å². The summed E-state index contributed by atoms with van der Waals surface area (Å²) in [7, 11) is 0. The first-order chi connectivity index (χ1) is 5.57. The lowest BCUT2D eigenvalue weighted by Gasteiger charge is -2.06. The van der Waals surface area contributed by atoms with Gasteiger partial charge in [0, 0.05) is 6.42 Å². The van der Waals surface area contributed by atoms with E-state index < -0.39 is 24.5 Å². The number of carbonyl (C=O) groups is 2. The Morgan fingerprint density at radius 3 is 2.67 bits per heavy atom. The standard InChI is InChI=1S/C7H10N2O3/c1-2-3-5(8)7(12)9-4-6(10)11/h1,5H,3-4,8H2,(H,9,12)(H,10,11). The molecule has 0 bridgehead atoms. The first-order valence-electron chi connectivity index (χ1n) is 3.26. The van der Waals surface area contributed by atoms with Crippen molar-refractivity contribution < 1.29 is 14.7 Å². The minimum Gasteiger partial charge on any atom is -0.480 e. The van der Waals surface area contributed by atoms with Gasteiger partial charge in [-0.2, -0.15) is 0 Å². The molecule has 0 saturated carbocycles. The van der Waals surface area contributed by atoms with E-state index in [9.17, 15) is 9.59 Å². The number of carboxylic acids is 1. The number of carboxylic acid groups (broad SMARTS) is 1. The van der Waals surface area contributed by atoms with Crippen molar-refractivity contribution in [2.75, 3.05) is 6.54 Å². The number of nitrogens with two attached hydrogens (primary N) is 1. The van der Waals surface area contributed by atoms with Gasteiger partial charge in [-0.3, -0.25) is 9.59 Å². The second-order valence-electron chi connectivity index (χ2n) is 2.13. The van der Waals surface area contributed by atoms with E-state index in [-0.39, 0.29) is 6.42 Å². The molecule has 5 nitrogen and oxygen atoms in total. The fourth-order valence-electron chi connectivity index (χ4n) is 0.513. The lowest BCUT2D eigenvalue weighted by molar-refractivity contribution is -0.138. The minimum atomic E-state index is -1.11. The third-order valence-corrected chi connectivity index (χ3v) is 1.09. The van der Waals surface area contributed by atoms with Crippen LogP contribution >= 0.6 is 0 Å². The average molecular weight is 170 g/mol. The summed E-state index contributed by atoms with van der Waals surface area (Å²) in [5, 5.41) is 10.3. The van der Waals surface area contributed by atoms with Crippen LogP contribution in [-0.4, -0.2) is 29.6 Å². The van der Waals surface area contributed by atoms with Crippen molar-refractivity contribution in [2.45, 2.75) is 12.5 Å². The molecule has 1 unspecified atom stereocenters. The van der Waals surface area contributed by atoms with E-state index in [4.69, 9.17) is 17.3 Å². The number of terminal acetylenes is 1. The van der Waals surface area contributed by atoms with Gasteiger partial charge in [-0.05, 0) is 0 Å². The maximum atomic E-state index is 10.8. The highest BCUT2D eigenvalue weighted by molar-refractivity contribution is 5.85. The fraction of sp³-hybridized carbons (Fsp3) is 0.429. The number of rotatable bonds is 4. The number of carbonyl (C=O) groups excluding carboxylic acids is 1. The van der Waals surface area contributed by atoms with Crippen LogP contribution in [0.2, 0.25) is 0 Å². The van der Waals surface area contributed by atoms with Gasteiger partial charge in [0.2, 0.25) is 5.91 Å². The topological polar surface area (TPSA) is 92.4 Å². The van der Waals surface area contributed by atoms with Crippen LogP contribution in [0.4, 0.5) is 0 Å². The maximum absolute atomic E-state index is 10.8. The van der Waals surface area contributed by atoms with Crippen molar-refractivity contribution in [3.05, 3.63) is 0 Å². The van der Waals surface area contributed by atoms with Gasteiger partial charge < -0.3 is 16.2 Å². The summed E-state index contributed by atoms with van der Waals surface area (Å²) in [6, 6.07) is -0.825. The molecule has 5 heteroatoms. The monoisotopic (exact) mass is 170 g/mol. The molecule has 1 atom stereocenters. The molecule has 0 fully saturated rings. The van der Waals surface area contributed by atoms with Crippen LogP contribution in [0.15, 0.2) is 0 Å². The van der Waals surface area contributed by atoms with E-state index in [0.717, 1.165) is 0 Å². The second-order valence-corrected chi connectivity index (χ2v) is 2.13. The van der Waals surface area contributed by atoms with E-state index in [0.29, 0.717) is 0 Å².